The third-order valence-corrected chi connectivity index (χ3v) is 9.25. The summed E-state index contributed by atoms with van der Waals surface area (Å²) < 4.78 is 34.6. The first-order valence-corrected chi connectivity index (χ1v) is 10.8. The molecule has 1 atom stereocenters. The van der Waals surface area contributed by atoms with Gasteiger partial charge in [-0.3, -0.25) is 0 Å². The fraction of sp³-hybridized carbons (Fsp3) is 0.529. The first-order chi connectivity index (χ1) is 9.92. The van der Waals surface area contributed by atoms with Gasteiger partial charge in [-0.05, 0) is 41.9 Å². The van der Waals surface area contributed by atoms with E-state index in [9.17, 15) is 8.78 Å². The number of benzene rings is 1. The summed E-state index contributed by atoms with van der Waals surface area (Å²) in [5.74, 6) is -3.38. The molecule has 122 valence electrons. The predicted molar refractivity (Wildman–Crippen MR) is 90.1 cm³/mol. The second kappa shape index (κ2) is 5.64. The predicted octanol–water partition coefficient (Wildman–Crippen LogP) is 6.37. The Morgan fingerprint density at radius 3 is 2.23 bits per heavy atom. The Morgan fingerprint density at radius 2 is 1.73 bits per heavy atom. The molecule has 0 amide bonds. The second-order valence-electron chi connectivity index (χ2n) is 7.46. The molecule has 0 bridgehead atoms. The molecule has 1 unspecified atom stereocenters. The average molecular weight is 345 g/mol. The number of alkyl halides is 2. The maximum Gasteiger partial charge on any atom is 0.303 e. The van der Waals surface area contributed by atoms with Crippen LogP contribution >= 0.6 is 11.6 Å². The summed E-state index contributed by atoms with van der Waals surface area (Å²) in [6, 6.07) is 7.06. The Bertz CT molecular complexity index is 573. The molecule has 0 aromatic heterocycles. The van der Waals surface area contributed by atoms with E-state index in [0.717, 1.165) is 5.56 Å². The van der Waals surface area contributed by atoms with Crippen molar-refractivity contribution in [1.29, 1.82) is 0 Å². The number of hydrogen-bond acceptors (Lipinski definition) is 1. The maximum atomic E-state index is 14.3. The Hall–Kier alpha value is -0.873. The molecule has 0 spiro atoms. The minimum atomic E-state index is -2.90. The highest BCUT2D eigenvalue weighted by molar-refractivity contribution is 6.74. The van der Waals surface area contributed by atoms with Crippen LogP contribution in [-0.2, 0) is 4.43 Å². The van der Waals surface area contributed by atoms with Crippen LogP contribution in [0.25, 0.3) is 0 Å². The summed E-state index contributed by atoms with van der Waals surface area (Å²) >= 11 is 5.86. The molecule has 0 radical (unpaired) electrons. The zero-order valence-corrected chi connectivity index (χ0v) is 15.5. The van der Waals surface area contributed by atoms with Gasteiger partial charge < -0.3 is 4.43 Å². The molecule has 22 heavy (non-hydrogen) atoms. The molecule has 0 saturated carbocycles. The largest absolute Gasteiger partial charge is 0.542 e. The third-order valence-electron chi connectivity index (χ3n) is 4.66. The van der Waals surface area contributed by atoms with Gasteiger partial charge in [0.2, 0.25) is 8.32 Å². The van der Waals surface area contributed by atoms with Gasteiger partial charge in [0.05, 0.1) is 0 Å². The smallest absolute Gasteiger partial charge is 0.303 e. The summed E-state index contributed by atoms with van der Waals surface area (Å²) in [4.78, 5) is 0. The lowest BCUT2D eigenvalue weighted by molar-refractivity contribution is 0.00444. The van der Waals surface area contributed by atoms with Crippen molar-refractivity contribution in [2.24, 2.45) is 0 Å². The highest BCUT2D eigenvalue weighted by Crippen LogP contribution is 2.48. The lowest BCUT2D eigenvalue weighted by Crippen LogP contribution is -2.42. The van der Waals surface area contributed by atoms with Crippen molar-refractivity contribution >= 4 is 19.9 Å². The topological polar surface area (TPSA) is 9.23 Å². The van der Waals surface area contributed by atoms with Gasteiger partial charge in [-0.1, -0.05) is 44.5 Å². The first kappa shape index (κ1) is 17.5. The monoisotopic (exact) mass is 344 g/mol. The van der Waals surface area contributed by atoms with E-state index >= 15 is 0 Å². The van der Waals surface area contributed by atoms with Crippen LogP contribution in [0.2, 0.25) is 23.2 Å². The van der Waals surface area contributed by atoms with Crippen LogP contribution in [0.5, 0.6) is 0 Å². The summed E-state index contributed by atoms with van der Waals surface area (Å²) in [5, 5.41) is 0.498. The Labute approximate surface area is 137 Å². The molecule has 1 aliphatic carbocycles. The van der Waals surface area contributed by atoms with Gasteiger partial charge in [0.1, 0.15) is 5.76 Å². The number of hydrogen-bond donors (Lipinski definition) is 0. The zero-order valence-electron chi connectivity index (χ0n) is 13.7. The number of halogens is 3. The molecular weight excluding hydrogens is 322 g/mol. The van der Waals surface area contributed by atoms with E-state index in [1.165, 1.54) is 0 Å². The van der Waals surface area contributed by atoms with E-state index < -0.39 is 14.2 Å². The van der Waals surface area contributed by atoms with E-state index in [1.54, 1.807) is 30.3 Å². The van der Waals surface area contributed by atoms with Crippen molar-refractivity contribution in [3.8, 4) is 0 Å². The second-order valence-corrected chi connectivity index (χ2v) is 12.6. The molecule has 1 nitrogen and oxygen atoms in total. The molecule has 1 aliphatic rings. The Morgan fingerprint density at radius 1 is 1.18 bits per heavy atom. The first-order valence-electron chi connectivity index (χ1n) is 7.47. The summed E-state index contributed by atoms with van der Waals surface area (Å²) in [6.45, 7) is 10.1. The summed E-state index contributed by atoms with van der Waals surface area (Å²) in [6.07, 6.45) is 1.35. The van der Waals surface area contributed by atoms with E-state index in [0.29, 0.717) is 5.02 Å². The van der Waals surface area contributed by atoms with Gasteiger partial charge >= 0.3 is 5.92 Å². The molecule has 5 heteroatoms. The zero-order chi connectivity index (χ0) is 16.8. The van der Waals surface area contributed by atoms with Crippen LogP contribution in [0.4, 0.5) is 8.78 Å². The van der Waals surface area contributed by atoms with Crippen molar-refractivity contribution in [3.05, 3.63) is 46.7 Å². The number of rotatable bonds is 3. The van der Waals surface area contributed by atoms with Crippen LogP contribution in [0.3, 0.4) is 0 Å². The molecule has 0 fully saturated rings. The highest BCUT2D eigenvalue weighted by atomic mass is 35.5. The van der Waals surface area contributed by atoms with Crippen molar-refractivity contribution in [2.45, 2.75) is 57.2 Å². The van der Waals surface area contributed by atoms with E-state index in [-0.39, 0.29) is 23.1 Å². The van der Waals surface area contributed by atoms with Crippen LogP contribution < -0.4 is 0 Å². The molecule has 0 aliphatic heterocycles. The maximum absolute atomic E-state index is 14.3. The molecule has 0 saturated heterocycles. The van der Waals surface area contributed by atoms with E-state index in [1.807, 2.05) is 33.9 Å². The molecule has 1 aromatic carbocycles. The van der Waals surface area contributed by atoms with Gasteiger partial charge in [0.25, 0.3) is 0 Å². The number of allylic oxidation sites excluding steroid dienone is 2. The Kier molecular flexibility index (Phi) is 4.48. The van der Waals surface area contributed by atoms with Gasteiger partial charge in [-0.2, -0.15) is 8.78 Å². The normalized spacial score (nSPS) is 21.6. The van der Waals surface area contributed by atoms with Crippen LogP contribution in [0.15, 0.2) is 36.1 Å². The average Bonchev–Trinajstić information content (AvgIpc) is 2.64. The highest BCUT2D eigenvalue weighted by Gasteiger charge is 2.49. The lowest BCUT2D eigenvalue weighted by atomic mass is 9.98. The Balaban J connectivity index is 2.26. The summed E-state index contributed by atoms with van der Waals surface area (Å²) in [5.41, 5.74) is 0.845. The lowest BCUT2D eigenvalue weighted by Gasteiger charge is -2.37. The third kappa shape index (κ3) is 3.54. The minimum absolute atomic E-state index is 0.109. The van der Waals surface area contributed by atoms with Crippen LogP contribution in [0.1, 0.15) is 38.7 Å². The van der Waals surface area contributed by atoms with Crippen LogP contribution in [-0.4, -0.2) is 14.2 Å². The minimum Gasteiger partial charge on any atom is -0.542 e. The van der Waals surface area contributed by atoms with Gasteiger partial charge in [0.15, 0.2) is 0 Å². The van der Waals surface area contributed by atoms with E-state index in [4.69, 9.17) is 16.0 Å². The van der Waals surface area contributed by atoms with Gasteiger partial charge in [-0.15, -0.1) is 0 Å². The fourth-order valence-corrected chi connectivity index (χ4v) is 3.40. The molecular formula is C17H23ClF2OSi. The van der Waals surface area contributed by atoms with Crippen LogP contribution in [0, 0.1) is 0 Å². The van der Waals surface area contributed by atoms with Crippen molar-refractivity contribution in [2.75, 3.05) is 0 Å². The molecule has 0 N–H and O–H groups in total. The van der Waals surface area contributed by atoms with E-state index in [2.05, 4.69) is 0 Å². The van der Waals surface area contributed by atoms with Crippen molar-refractivity contribution < 1.29 is 13.2 Å². The van der Waals surface area contributed by atoms with Crippen molar-refractivity contribution in [1.82, 2.24) is 0 Å². The molecule has 2 rings (SSSR count). The fourth-order valence-electron chi connectivity index (χ4n) is 2.20. The quantitative estimate of drug-likeness (QED) is 0.579. The molecule has 1 aromatic rings. The standard InChI is InChI=1S/C17H23ClF2OSi/c1-16(2,3)22(4,5)21-15-10-13(11-17(15,19)20)12-6-8-14(18)9-7-12/h6-10,13H,11H2,1-5H3. The van der Waals surface area contributed by atoms with Crippen molar-refractivity contribution in [3.63, 3.8) is 0 Å². The van der Waals surface area contributed by atoms with Gasteiger partial charge in [-0.25, -0.2) is 0 Å². The SMILES string of the molecule is CC(C)(C)[Si](C)(C)OC1=CC(c2ccc(Cl)cc2)CC1(F)F. The molecule has 0 heterocycles. The van der Waals surface area contributed by atoms with Gasteiger partial charge in [0, 0.05) is 17.4 Å². The summed E-state index contributed by atoms with van der Waals surface area (Å²) in [7, 11) is -2.27.